The zero-order valence-electron chi connectivity index (χ0n) is 19.7. The van der Waals surface area contributed by atoms with Crippen LogP contribution in [0, 0.1) is 0 Å². The predicted molar refractivity (Wildman–Crippen MR) is 136 cm³/mol. The number of H-pyrrole nitrogens is 1. The van der Waals surface area contributed by atoms with Gasteiger partial charge in [0, 0.05) is 17.5 Å². The summed E-state index contributed by atoms with van der Waals surface area (Å²) in [6.07, 6.45) is 2.74. The average Bonchev–Trinajstić information content (AvgIpc) is 3.56. The molecule has 2 heterocycles. The highest BCUT2D eigenvalue weighted by Crippen LogP contribution is 2.30. The molecule has 8 heteroatoms. The van der Waals surface area contributed by atoms with Crippen molar-refractivity contribution in [2.75, 3.05) is 6.54 Å². The maximum atomic E-state index is 5.70. The third-order valence-electron chi connectivity index (χ3n) is 5.94. The lowest BCUT2D eigenvalue weighted by Gasteiger charge is -2.10. The summed E-state index contributed by atoms with van der Waals surface area (Å²) < 4.78 is 2.01. The van der Waals surface area contributed by atoms with Gasteiger partial charge in [0.25, 0.3) is 0 Å². The molecule has 0 unspecified atom stereocenters. The Morgan fingerprint density at radius 1 is 0.829 bits per heavy atom. The summed E-state index contributed by atoms with van der Waals surface area (Å²) in [5.41, 5.74) is 12.2. The van der Waals surface area contributed by atoms with Crippen molar-refractivity contribution in [3.05, 3.63) is 89.7 Å². The van der Waals surface area contributed by atoms with E-state index in [0.717, 1.165) is 58.7 Å². The van der Waals surface area contributed by atoms with Gasteiger partial charge in [-0.1, -0.05) is 79.7 Å². The van der Waals surface area contributed by atoms with Gasteiger partial charge in [0.1, 0.15) is 0 Å². The van der Waals surface area contributed by atoms with Gasteiger partial charge in [0.05, 0.1) is 6.54 Å². The van der Waals surface area contributed by atoms with Crippen LogP contribution in [-0.4, -0.2) is 41.9 Å². The maximum Gasteiger partial charge on any atom is 0.205 e. The molecule has 5 aromatic rings. The van der Waals surface area contributed by atoms with Crippen molar-refractivity contribution in [2.45, 2.75) is 32.7 Å². The number of aromatic nitrogens is 7. The normalized spacial score (nSPS) is 11.1. The van der Waals surface area contributed by atoms with Crippen molar-refractivity contribution in [2.24, 2.45) is 5.73 Å². The topological polar surface area (TPSA) is 111 Å². The van der Waals surface area contributed by atoms with Crippen molar-refractivity contribution >= 4 is 0 Å². The van der Waals surface area contributed by atoms with Gasteiger partial charge in [-0.25, -0.2) is 9.67 Å². The van der Waals surface area contributed by atoms with E-state index in [1.165, 1.54) is 5.56 Å². The van der Waals surface area contributed by atoms with E-state index in [0.29, 0.717) is 18.9 Å². The van der Waals surface area contributed by atoms with Crippen LogP contribution in [0.15, 0.2) is 72.8 Å². The molecule has 3 aromatic carbocycles. The molecule has 0 saturated carbocycles. The van der Waals surface area contributed by atoms with E-state index in [-0.39, 0.29) is 0 Å². The van der Waals surface area contributed by atoms with Crippen LogP contribution in [0.1, 0.15) is 30.3 Å². The van der Waals surface area contributed by atoms with Gasteiger partial charge >= 0.3 is 0 Å². The second-order valence-electron chi connectivity index (χ2n) is 8.47. The summed E-state index contributed by atoms with van der Waals surface area (Å²) in [4.78, 5) is 4.85. The molecule has 0 atom stereocenters. The minimum atomic E-state index is 0.581. The Balaban J connectivity index is 1.42. The Morgan fingerprint density at radius 3 is 2.23 bits per heavy atom. The van der Waals surface area contributed by atoms with Crippen molar-refractivity contribution in [3.8, 4) is 33.9 Å². The molecule has 8 nitrogen and oxygen atoms in total. The lowest BCUT2D eigenvalue weighted by molar-refractivity contribution is 0.674. The van der Waals surface area contributed by atoms with Crippen LogP contribution >= 0.6 is 0 Å². The van der Waals surface area contributed by atoms with E-state index < -0.39 is 0 Å². The molecule has 0 fully saturated rings. The summed E-state index contributed by atoms with van der Waals surface area (Å²) in [6.45, 7) is 3.43. The van der Waals surface area contributed by atoms with Gasteiger partial charge in [0.15, 0.2) is 11.6 Å². The standard InChI is InChI=1S/C27H28N8/c1-2-5-25-29-27(22-14-8-19(9-15-22)16-17-28)35(32-25)18-20-10-12-21(13-11-20)23-6-3-4-7-24(23)26-30-33-34-31-26/h3-4,6-15H,2,5,16-18,28H2,1H3,(H,30,31,33,34). The van der Waals surface area contributed by atoms with Crippen LogP contribution in [0.5, 0.6) is 0 Å². The Hall–Kier alpha value is -4.17. The van der Waals surface area contributed by atoms with Crippen LogP contribution in [0.3, 0.4) is 0 Å². The molecule has 176 valence electrons. The number of nitrogens with two attached hydrogens (primary N) is 1. The SMILES string of the molecule is CCCc1nc(-c2ccc(CCN)cc2)n(Cc2ccc(-c3ccccc3-c3nn[nH]n3)cc2)n1. The Kier molecular flexibility index (Phi) is 6.72. The number of hydrogen-bond acceptors (Lipinski definition) is 6. The number of nitrogens with one attached hydrogen (secondary N) is 1. The molecule has 3 N–H and O–H groups in total. The molecule has 0 amide bonds. The summed E-state index contributed by atoms with van der Waals surface area (Å²) >= 11 is 0. The van der Waals surface area contributed by atoms with Gasteiger partial charge < -0.3 is 5.73 Å². The molecule has 0 saturated heterocycles. The first-order valence-electron chi connectivity index (χ1n) is 11.9. The molecule has 0 aliphatic carbocycles. The molecule has 0 aliphatic rings. The van der Waals surface area contributed by atoms with Gasteiger partial charge in [-0.15, -0.1) is 10.2 Å². The molecule has 0 bridgehead atoms. The number of aryl methyl sites for hydroxylation is 1. The molecule has 0 spiro atoms. The van der Waals surface area contributed by atoms with Crippen molar-refractivity contribution in [3.63, 3.8) is 0 Å². The molecule has 0 aliphatic heterocycles. The highest BCUT2D eigenvalue weighted by molar-refractivity contribution is 5.80. The third kappa shape index (κ3) is 5.02. The summed E-state index contributed by atoms with van der Waals surface area (Å²) in [6, 6.07) is 25.1. The fraction of sp³-hybridized carbons (Fsp3) is 0.222. The monoisotopic (exact) mass is 464 g/mol. The van der Waals surface area contributed by atoms with Crippen LogP contribution < -0.4 is 5.73 Å². The third-order valence-corrected chi connectivity index (χ3v) is 5.94. The summed E-state index contributed by atoms with van der Waals surface area (Å²) in [5.74, 6) is 2.34. The zero-order chi connectivity index (χ0) is 24.0. The number of benzene rings is 3. The second kappa shape index (κ2) is 10.4. The molecule has 2 aromatic heterocycles. The Morgan fingerprint density at radius 2 is 1.54 bits per heavy atom. The van der Waals surface area contributed by atoms with E-state index in [1.54, 1.807) is 0 Å². The fourth-order valence-electron chi connectivity index (χ4n) is 4.20. The van der Waals surface area contributed by atoms with Crippen molar-refractivity contribution < 1.29 is 0 Å². The summed E-state index contributed by atoms with van der Waals surface area (Å²) in [5, 5.41) is 19.3. The van der Waals surface area contributed by atoms with Crippen molar-refractivity contribution in [1.82, 2.24) is 35.4 Å². The molecular weight excluding hydrogens is 436 g/mol. The first-order valence-corrected chi connectivity index (χ1v) is 11.9. The first-order chi connectivity index (χ1) is 17.2. The summed E-state index contributed by atoms with van der Waals surface area (Å²) in [7, 11) is 0. The zero-order valence-corrected chi connectivity index (χ0v) is 19.7. The number of aromatic amines is 1. The lowest BCUT2D eigenvalue weighted by atomic mass is 9.98. The quantitative estimate of drug-likeness (QED) is 0.337. The molecule has 0 radical (unpaired) electrons. The minimum absolute atomic E-state index is 0.581. The van der Waals surface area contributed by atoms with Crippen LogP contribution in [0.25, 0.3) is 33.9 Å². The number of tetrazole rings is 1. The Bertz CT molecular complexity index is 1370. The highest BCUT2D eigenvalue weighted by atomic mass is 15.5. The predicted octanol–water partition coefficient (Wildman–Crippen LogP) is 4.29. The highest BCUT2D eigenvalue weighted by Gasteiger charge is 2.14. The van der Waals surface area contributed by atoms with Gasteiger partial charge in [-0.3, -0.25) is 0 Å². The van der Waals surface area contributed by atoms with E-state index in [9.17, 15) is 0 Å². The molecular formula is C27H28N8. The van der Waals surface area contributed by atoms with Crippen LogP contribution in [0.4, 0.5) is 0 Å². The lowest BCUT2D eigenvalue weighted by Crippen LogP contribution is -2.05. The maximum absolute atomic E-state index is 5.70. The second-order valence-corrected chi connectivity index (χ2v) is 8.47. The Labute approximate surface area is 204 Å². The smallest absolute Gasteiger partial charge is 0.205 e. The molecule has 5 rings (SSSR count). The fourth-order valence-corrected chi connectivity index (χ4v) is 4.20. The minimum Gasteiger partial charge on any atom is -0.330 e. The van der Waals surface area contributed by atoms with Crippen molar-refractivity contribution in [1.29, 1.82) is 0 Å². The number of nitrogens with zero attached hydrogens (tertiary/aromatic N) is 6. The van der Waals surface area contributed by atoms with Gasteiger partial charge in [-0.05, 0) is 46.9 Å². The number of hydrogen-bond donors (Lipinski definition) is 2. The van der Waals surface area contributed by atoms with E-state index >= 15 is 0 Å². The van der Waals surface area contributed by atoms with Gasteiger partial charge in [0.2, 0.25) is 5.82 Å². The average molecular weight is 465 g/mol. The molecule has 35 heavy (non-hydrogen) atoms. The largest absolute Gasteiger partial charge is 0.330 e. The van der Waals surface area contributed by atoms with E-state index in [1.807, 2.05) is 22.9 Å². The first kappa shape index (κ1) is 22.6. The van der Waals surface area contributed by atoms with E-state index in [4.69, 9.17) is 15.8 Å². The number of rotatable bonds is 9. The van der Waals surface area contributed by atoms with Gasteiger partial charge in [-0.2, -0.15) is 10.3 Å². The van der Waals surface area contributed by atoms with Crippen LogP contribution in [0.2, 0.25) is 0 Å². The van der Waals surface area contributed by atoms with Crippen LogP contribution in [-0.2, 0) is 19.4 Å². The van der Waals surface area contributed by atoms with E-state index in [2.05, 4.69) is 82.1 Å².